The van der Waals surface area contributed by atoms with Crippen molar-refractivity contribution in [2.75, 3.05) is 6.61 Å². The average molecular weight is 555 g/mol. The first-order valence-electron chi connectivity index (χ1n) is 14.4. The molecule has 8 nitrogen and oxygen atoms in total. The van der Waals surface area contributed by atoms with Crippen LogP contribution < -0.4 is 16.4 Å². The molecule has 2 aliphatic heterocycles. The van der Waals surface area contributed by atoms with Gasteiger partial charge in [-0.25, -0.2) is 0 Å². The van der Waals surface area contributed by atoms with Crippen molar-refractivity contribution < 1.29 is 19.5 Å². The van der Waals surface area contributed by atoms with Crippen molar-refractivity contribution in [2.45, 2.75) is 62.3 Å². The van der Waals surface area contributed by atoms with Crippen molar-refractivity contribution >= 4 is 17.7 Å². The van der Waals surface area contributed by atoms with E-state index in [0.717, 1.165) is 16.7 Å². The SMILES string of the molecule is N[C@H](Cc1ccccc1)C(=O)N[C@@H]1C(=O)N2[C@@H](CC[C@@H]1CO)CC[C@H]2C(=O)NC(c1ccccc1)c1ccccc1. The predicted octanol–water partition coefficient (Wildman–Crippen LogP) is 2.71. The lowest BCUT2D eigenvalue weighted by Gasteiger charge is -2.33. The third-order valence-corrected chi connectivity index (χ3v) is 8.39. The number of benzene rings is 3. The maximum atomic E-state index is 14.0. The van der Waals surface area contributed by atoms with Crippen LogP contribution in [0.1, 0.15) is 48.4 Å². The van der Waals surface area contributed by atoms with Gasteiger partial charge in [-0.15, -0.1) is 0 Å². The number of aliphatic hydroxyl groups excluding tert-OH is 1. The standard InChI is InChI=1S/C33H38N4O4/c34-27(20-22-10-4-1-5-11-22)31(39)36-30-25(21-38)16-17-26-18-19-28(37(26)33(30)41)32(40)35-29(23-12-6-2-7-13-23)24-14-8-3-9-15-24/h1-15,25-30,38H,16-21,34H2,(H,35,40)(H,36,39)/t25-,26+,27-,28+,30+/m1/s1. The second kappa shape index (κ2) is 13.1. The molecule has 2 heterocycles. The monoisotopic (exact) mass is 554 g/mol. The smallest absolute Gasteiger partial charge is 0.246 e. The molecule has 0 unspecified atom stereocenters. The minimum atomic E-state index is -0.952. The number of rotatable bonds is 9. The average Bonchev–Trinajstić information content (AvgIpc) is 3.39. The van der Waals surface area contributed by atoms with Gasteiger partial charge in [0.1, 0.15) is 12.1 Å². The Bertz CT molecular complexity index is 1280. The van der Waals surface area contributed by atoms with Crippen LogP contribution in [0.15, 0.2) is 91.0 Å². The second-order valence-corrected chi connectivity index (χ2v) is 11.1. The Balaban J connectivity index is 1.34. The molecule has 8 heteroatoms. The van der Waals surface area contributed by atoms with Gasteiger partial charge in [-0.2, -0.15) is 0 Å². The highest BCUT2D eigenvalue weighted by Crippen LogP contribution is 2.34. The quantitative estimate of drug-likeness (QED) is 0.324. The molecule has 3 aromatic rings. The van der Waals surface area contributed by atoms with Crippen LogP contribution in [0.2, 0.25) is 0 Å². The summed E-state index contributed by atoms with van der Waals surface area (Å²) in [6, 6.07) is 26.0. The minimum Gasteiger partial charge on any atom is -0.396 e. The largest absolute Gasteiger partial charge is 0.396 e. The number of fused-ring (bicyclic) bond motifs is 1. The van der Waals surface area contributed by atoms with Crippen LogP contribution in [0.4, 0.5) is 0 Å². The Morgan fingerprint density at radius 3 is 2.00 bits per heavy atom. The van der Waals surface area contributed by atoms with E-state index in [1.165, 1.54) is 0 Å². The summed E-state index contributed by atoms with van der Waals surface area (Å²) in [5.74, 6) is -1.46. The van der Waals surface area contributed by atoms with Gasteiger partial charge < -0.3 is 26.4 Å². The van der Waals surface area contributed by atoms with Crippen LogP contribution in [-0.4, -0.2) is 58.5 Å². The number of amides is 3. The number of carbonyl (C=O) groups excluding carboxylic acids is 3. The molecule has 0 saturated carbocycles. The summed E-state index contributed by atoms with van der Waals surface area (Å²) >= 11 is 0. The van der Waals surface area contributed by atoms with Gasteiger partial charge in [-0.1, -0.05) is 91.0 Å². The normalized spacial score (nSPS) is 23.0. The number of hydrogen-bond acceptors (Lipinski definition) is 5. The number of carbonyl (C=O) groups is 3. The van der Waals surface area contributed by atoms with Gasteiger partial charge in [0.15, 0.2) is 0 Å². The maximum Gasteiger partial charge on any atom is 0.246 e. The summed E-state index contributed by atoms with van der Waals surface area (Å²) < 4.78 is 0. The number of hydrogen-bond donors (Lipinski definition) is 4. The van der Waals surface area contributed by atoms with Crippen molar-refractivity contribution in [3.8, 4) is 0 Å². The van der Waals surface area contributed by atoms with Gasteiger partial charge in [0.25, 0.3) is 0 Å². The first-order valence-corrected chi connectivity index (χ1v) is 14.4. The number of nitrogens with one attached hydrogen (secondary N) is 2. The lowest BCUT2D eigenvalue weighted by molar-refractivity contribution is -0.144. The molecule has 0 aliphatic carbocycles. The third-order valence-electron chi connectivity index (χ3n) is 8.39. The topological polar surface area (TPSA) is 125 Å². The van der Waals surface area contributed by atoms with Gasteiger partial charge in [0.05, 0.1) is 12.1 Å². The van der Waals surface area contributed by atoms with Gasteiger partial charge >= 0.3 is 0 Å². The zero-order chi connectivity index (χ0) is 28.8. The van der Waals surface area contributed by atoms with Crippen LogP contribution in [0.25, 0.3) is 0 Å². The highest BCUT2D eigenvalue weighted by molar-refractivity contribution is 5.94. The van der Waals surface area contributed by atoms with Crippen molar-refractivity contribution in [3.05, 3.63) is 108 Å². The van der Waals surface area contributed by atoms with E-state index in [2.05, 4.69) is 10.6 Å². The van der Waals surface area contributed by atoms with Crippen LogP contribution in [0.5, 0.6) is 0 Å². The Morgan fingerprint density at radius 1 is 0.854 bits per heavy atom. The number of nitrogens with zero attached hydrogens (tertiary/aromatic N) is 1. The molecule has 5 rings (SSSR count). The molecule has 3 amide bonds. The first-order chi connectivity index (χ1) is 20.0. The summed E-state index contributed by atoms with van der Waals surface area (Å²) in [5.41, 5.74) is 9.03. The van der Waals surface area contributed by atoms with Crippen LogP contribution in [0.3, 0.4) is 0 Å². The van der Waals surface area contributed by atoms with E-state index in [4.69, 9.17) is 5.73 Å². The fourth-order valence-corrected chi connectivity index (χ4v) is 6.18. The molecular weight excluding hydrogens is 516 g/mol. The molecule has 2 aliphatic rings. The Morgan fingerprint density at radius 2 is 1.41 bits per heavy atom. The zero-order valence-electron chi connectivity index (χ0n) is 23.1. The highest BCUT2D eigenvalue weighted by atomic mass is 16.3. The summed E-state index contributed by atoms with van der Waals surface area (Å²) in [6.45, 7) is -0.244. The molecule has 41 heavy (non-hydrogen) atoms. The van der Waals surface area contributed by atoms with E-state index in [9.17, 15) is 19.5 Å². The minimum absolute atomic E-state index is 0.126. The summed E-state index contributed by atoms with van der Waals surface area (Å²) in [6.07, 6.45) is 2.78. The molecule has 3 aromatic carbocycles. The van der Waals surface area contributed by atoms with Gasteiger partial charge in [0, 0.05) is 18.6 Å². The predicted molar refractivity (Wildman–Crippen MR) is 156 cm³/mol. The fourth-order valence-electron chi connectivity index (χ4n) is 6.18. The Hall–Kier alpha value is -4.01. The highest BCUT2D eigenvalue weighted by Gasteiger charge is 2.47. The summed E-state index contributed by atoms with van der Waals surface area (Å²) in [7, 11) is 0. The van der Waals surface area contributed by atoms with Crippen molar-refractivity contribution in [2.24, 2.45) is 11.7 Å². The summed E-state index contributed by atoms with van der Waals surface area (Å²) in [4.78, 5) is 42.7. The van der Waals surface area contributed by atoms with Gasteiger partial charge in [-0.3, -0.25) is 14.4 Å². The van der Waals surface area contributed by atoms with E-state index in [0.29, 0.717) is 32.1 Å². The molecule has 0 aromatic heterocycles. The van der Waals surface area contributed by atoms with Crippen molar-refractivity contribution in [3.63, 3.8) is 0 Å². The number of nitrogens with two attached hydrogens (primary N) is 1. The zero-order valence-corrected chi connectivity index (χ0v) is 23.1. The molecule has 2 fully saturated rings. The number of aliphatic hydroxyl groups is 1. The van der Waals surface area contributed by atoms with Crippen molar-refractivity contribution in [1.82, 2.24) is 15.5 Å². The van der Waals surface area contributed by atoms with Gasteiger partial charge in [-0.05, 0) is 48.8 Å². The third kappa shape index (κ3) is 6.50. The van der Waals surface area contributed by atoms with E-state index < -0.39 is 30.0 Å². The lowest BCUT2D eigenvalue weighted by Crippen LogP contribution is -2.58. The molecule has 5 N–H and O–H groups in total. The molecular formula is C33H38N4O4. The first kappa shape index (κ1) is 28.5. The second-order valence-electron chi connectivity index (χ2n) is 11.1. The lowest BCUT2D eigenvalue weighted by atomic mass is 9.93. The molecule has 0 bridgehead atoms. The molecule has 214 valence electrons. The summed E-state index contributed by atoms with van der Waals surface area (Å²) in [5, 5.41) is 16.2. The van der Waals surface area contributed by atoms with Crippen LogP contribution in [-0.2, 0) is 20.8 Å². The van der Waals surface area contributed by atoms with E-state index in [-0.39, 0.29) is 30.5 Å². The van der Waals surface area contributed by atoms with E-state index in [1.54, 1.807) is 4.90 Å². The molecule has 0 radical (unpaired) electrons. The molecule has 5 atom stereocenters. The maximum absolute atomic E-state index is 14.0. The van der Waals surface area contributed by atoms with Crippen LogP contribution in [0, 0.1) is 5.92 Å². The Kier molecular flexibility index (Phi) is 9.11. The van der Waals surface area contributed by atoms with E-state index in [1.807, 2.05) is 91.0 Å². The van der Waals surface area contributed by atoms with Crippen LogP contribution >= 0.6 is 0 Å². The van der Waals surface area contributed by atoms with Gasteiger partial charge in [0.2, 0.25) is 17.7 Å². The molecule has 0 spiro atoms. The Labute approximate surface area is 240 Å². The fraction of sp³-hybridized carbons (Fsp3) is 0.364. The van der Waals surface area contributed by atoms with Crippen molar-refractivity contribution in [1.29, 1.82) is 0 Å². The van der Waals surface area contributed by atoms with E-state index >= 15 is 0 Å². The molecule has 2 saturated heterocycles.